The first kappa shape index (κ1) is 22.9. The number of hydrogen-bond acceptors (Lipinski definition) is 6. The van der Waals surface area contributed by atoms with Crippen molar-refractivity contribution in [1.82, 2.24) is 4.57 Å². The molecule has 0 spiro atoms. The number of aromatic nitrogens is 1. The van der Waals surface area contributed by atoms with Crippen molar-refractivity contribution in [1.29, 1.82) is 5.26 Å². The van der Waals surface area contributed by atoms with Crippen LogP contribution in [0.1, 0.15) is 24.0 Å². The molecule has 0 saturated heterocycles. The van der Waals surface area contributed by atoms with E-state index in [1.54, 1.807) is 61.5 Å². The maximum absolute atomic E-state index is 13.3. The third-order valence-corrected chi connectivity index (χ3v) is 6.83. The van der Waals surface area contributed by atoms with Gasteiger partial charge < -0.3 is 10.5 Å². The first-order valence-electron chi connectivity index (χ1n) is 9.92. The average Bonchev–Trinajstić information content (AvgIpc) is 3.11. The number of fused-ring (bicyclic) bond motifs is 1. The van der Waals surface area contributed by atoms with Gasteiger partial charge in [0, 0.05) is 10.0 Å². The molecular formula is C24H17Cl2N3O3S. The number of ether oxygens (including phenoxy) is 1. The minimum Gasteiger partial charge on any atom is -0.463 e. The Bertz CT molecular complexity index is 1530. The third kappa shape index (κ3) is 4.09. The van der Waals surface area contributed by atoms with Gasteiger partial charge in [0.05, 0.1) is 34.3 Å². The van der Waals surface area contributed by atoms with Gasteiger partial charge in [0.15, 0.2) is 0 Å². The quantitative estimate of drug-likeness (QED) is 0.558. The Hall–Kier alpha value is -3.31. The minimum absolute atomic E-state index is 0.0365. The highest BCUT2D eigenvalue weighted by Gasteiger charge is 2.36. The molecule has 1 aromatic heterocycles. The van der Waals surface area contributed by atoms with E-state index in [0.717, 1.165) is 11.3 Å². The van der Waals surface area contributed by atoms with Crippen molar-refractivity contribution in [2.24, 2.45) is 5.73 Å². The summed E-state index contributed by atoms with van der Waals surface area (Å²) >= 11 is 13.5. The second kappa shape index (κ2) is 9.28. The summed E-state index contributed by atoms with van der Waals surface area (Å²) in [4.78, 5) is 26.4. The molecule has 2 heterocycles. The highest BCUT2D eigenvalue weighted by Crippen LogP contribution is 2.37. The number of nitrogens with zero attached hydrogens (tertiary/aromatic N) is 2. The molecule has 0 fully saturated rings. The lowest BCUT2D eigenvalue weighted by Crippen LogP contribution is -2.40. The predicted octanol–water partition coefficient (Wildman–Crippen LogP) is 3.21. The molecule has 6 nitrogen and oxygen atoms in total. The molecule has 4 rings (SSSR count). The van der Waals surface area contributed by atoms with Crippen LogP contribution in [0.4, 0.5) is 0 Å². The Morgan fingerprint density at radius 1 is 1.27 bits per heavy atom. The third-order valence-electron chi connectivity index (χ3n) is 5.14. The number of carbonyl (C=O) groups excluding carboxylic acids is 1. The van der Waals surface area contributed by atoms with E-state index in [0.29, 0.717) is 30.4 Å². The van der Waals surface area contributed by atoms with Crippen LogP contribution in [-0.4, -0.2) is 17.1 Å². The van der Waals surface area contributed by atoms with Crippen molar-refractivity contribution in [2.75, 3.05) is 6.61 Å². The van der Waals surface area contributed by atoms with Gasteiger partial charge in [-0.05, 0) is 42.3 Å². The molecule has 1 aliphatic rings. The van der Waals surface area contributed by atoms with Crippen molar-refractivity contribution in [3.8, 4) is 6.07 Å². The number of benzene rings is 2. The summed E-state index contributed by atoms with van der Waals surface area (Å²) in [5.41, 5.74) is 7.33. The summed E-state index contributed by atoms with van der Waals surface area (Å²) in [6, 6.07) is 16.0. The number of esters is 1. The monoisotopic (exact) mass is 497 g/mol. The molecular weight excluding hydrogens is 481 g/mol. The smallest absolute Gasteiger partial charge is 0.338 e. The van der Waals surface area contributed by atoms with Crippen LogP contribution in [0.25, 0.3) is 17.5 Å². The summed E-state index contributed by atoms with van der Waals surface area (Å²) in [6.45, 7) is 1.81. The molecule has 33 heavy (non-hydrogen) atoms. The first-order chi connectivity index (χ1) is 15.9. The molecule has 1 aliphatic heterocycles. The van der Waals surface area contributed by atoms with E-state index in [4.69, 9.17) is 33.7 Å². The molecule has 0 aliphatic carbocycles. The van der Waals surface area contributed by atoms with Gasteiger partial charge in [0.2, 0.25) is 0 Å². The molecule has 0 unspecified atom stereocenters. The van der Waals surface area contributed by atoms with Gasteiger partial charge in [-0.15, -0.1) is 11.3 Å². The Kier molecular flexibility index (Phi) is 6.43. The van der Waals surface area contributed by atoms with Crippen LogP contribution in [-0.2, 0) is 9.53 Å². The fourth-order valence-corrected chi connectivity index (χ4v) is 5.25. The van der Waals surface area contributed by atoms with Crippen LogP contribution < -0.4 is 20.5 Å². The number of hydrogen-bond donors (Lipinski definition) is 1. The van der Waals surface area contributed by atoms with E-state index in [9.17, 15) is 14.9 Å². The number of nitrogens with two attached hydrogens (primary N) is 1. The normalized spacial score (nSPS) is 15.9. The molecule has 2 N–H and O–H groups in total. The number of carbonyl (C=O) groups is 1. The molecule has 0 amide bonds. The van der Waals surface area contributed by atoms with Crippen LogP contribution in [0.2, 0.25) is 10.0 Å². The molecule has 166 valence electrons. The average molecular weight is 498 g/mol. The Labute approximate surface area is 203 Å². The van der Waals surface area contributed by atoms with Crippen LogP contribution >= 0.6 is 34.5 Å². The van der Waals surface area contributed by atoms with Crippen LogP contribution in [0, 0.1) is 11.3 Å². The van der Waals surface area contributed by atoms with Gasteiger partial charge in [-0.3, -0.25) is 9.36 Å². The fourth-order valence-electron chi connectivity index (χ4n) is 3.71. The topological polar surface area (TPSA) is 98.1 Å². The molecule has 9 heteroatoms. The van der Waals surface area contributed by atoms with E-state index in [1.165, 1.54) is 4.57 Å². The lowest BCUT2D eigenvalue weighted by molar-refractivity contribution is -0.136. The van der Waals surface area contributed by atoms with Gasteiger partial charge >= 0.3 is 5.97 Å². The zero-order valence-corrected chi connectivity index (χ0v) is 19.7. The molecule has 0 saturated carbocycles. The summed E-state index contributed by atoms with van der Waals surface area (Å²) in [7, 11) is 0. The fraction of sp³-hybridized carbons (Fsp3) is 0.125. The van der Waals surface area contributed by atoms with E-state index in [1.807, 2.05) is 0 Å². The van der Waals surface area contributed by atoms with Crippen molar-refractivity contribution >= 4 is 58.0 Å². The molecule has 3 aromatic rings. The van der Waals surface area contributed by atoms with Crippen LogP contribution in [0.15, 0.2) is 58.9 Å². The van der Waals surface area contributed by atoms with Gasteiger partial charge in [-0.1, -0.05) is 53.5 Å². The number of thiazole rings is 1. The zero-order chi connectivity index (χ0) is 23.7. The number of rotatable bonds is 4. The Balaban J connectivity index is 2.12. The van der Waals surface area contributed by atoms with Gasteiger partial charge in [0.1, 0.15) is 10.5 Å². The molecule has 0 bridgehead atoms. The first-order valence-corrected chi connectivity index (χ1v) is 11.5. The molecule has 2 aromatic carbocycles. The van der Waals surface area contributed by atoms with Crippen molar-refractivity contribution in [3.63, 3.8) is 0 Å². The highest BCUT2D eigenvalue weighted by atomic mass is 35.5. The van der Waals surface area contributed by atoms with Crippen LogP contribution in [0.3, 0.4) is 0 Å². The second-order valence-electron chi connectivity index (χ2n) is 7.11. The summed E-state index contributed by atoms with van der Waals surface area (Å²) in [6.07, 6.45) is 1.64. The predicted molar refractivity (Wildman–Crippen MR) is 130 cm³/mol. The van der Waals surface area contributed by atoms with Crippen LogP contribution in [0.5, 0.6) is 0 Å². The standard InChI is InChI=1S/C24H17Cl2N3O3S/c1-2-32-24(31)20-19(14-7-5-8-15(25)10-14)16(12-27)21(28)29-22(30)18(33-23(20)29)11-13-6-3-4-9-17(13)26/h3-11,19H,2,28H2,1H3/b18-11+/t19-/m0/s1. The van der Waals surface area contributed by atoms with Crippen molar-refractivity contribution in [3.05, 3.63) is 94.8 Å². The van der Waals surface area contributed by atoms with Gasteiger partial charge in [0.25, 0.3) is 5.56 Å². The maximum Gasteiger partial charge on any atom is 0.338 e. The summed E-state index contributed by atoms with van der Waals surface area (Å²) in [5, 5.41) is 10.9. The second-order valence-corrected chi connectivity index (χ2v) is 8.99. The van der Waals surface area contributed by atoms with Crippen molar-refractivity contribution in [2.45, 2.75) is 12.8 Å². The maximum atomic E-state index is 13.3. The summed E-state index contributed by atoms with van der Waals surface area (Å²) in [5.74, 6) is -1.51. The van der Waals surface area contributed by atoms with Gasteiger partial charge in [-0.25, -0.2) is 4.79 Å². The zero-order valence-electron chi connectivity index (χ0n) is 17.3. The van der Waals surface area contributed by atoms with E-state index < -0.39 is 17.4 Å². The largest absolute Gasteiger partial charge is 0.463 e. The number of nitriles is 1. The highest BCUT2D eigenvalue weighted by molar-refractivity contribution is 7.07. The number of allylic oxidation sites excluding steroid dienone is 1. The summed E-state index contributed by atoms with van der Waals surface area (Å²) < 4.78 is 7.12. The Morgan fingerprint density at radius 3 is 2.70 bits per heavy atom. The van der Waals surface area contributed by atoms with E-state index >= 15 is 0 Å². The lowest BCUT2D eigenvalue weighted by atomic mass is 9.84. The molecule has 1 atom stereocenters. The van der Waals surface area contributed by atoms with Gasteiger partial charge in [-0.2, -0.15) is 5.26 Å². The Morgan fingerprint density at radius 2 is 2.03 bits per heavy atom. The van der Waals surface area contributed by atoms with Crippen molar-refractivity contribution < 1.29 is 9.53 Å². The lowest BCUT2D eigenvalue weighted by Gasteiger charge is -2.24. The number of halogens is 2. The van der Waals surface area contributed by atoms with E-state index in [2.05, 4.69) is 6.07 Å². The molecule has 0 radical (unpaired) electrons. The van der Waals surface area contributed by atoms with E-state index in [-0.39, 0.29) is 23.6 Å². The minimum atomic E-state index is -0.834. The SMILES string of the molecule is CCOC(=O)C1=c2s/c(=C/c3ccccc3Cl)c(=O)n2C(N)=C(C#N)[C@@H]1c1cccc(Cl)c1.